The predicted octanol–water partition coefficient (Wildman–Crippen LogP) is 1.68. The molecule has 0 bridgehead atoms. The van der Waals surface area contributed by atoms with E-state index in [-0.39, 0.29) is 12.2 Å². The lowest BCUT2D eigenvalue weighted by Gasteiger charge is -2.42. The number of ether oxygens (including phenoxy) is 1. The van der Waals surface area contributed by atoms with Crippen LogP contribution in [-0.4, -0.2) is 46.3 Å². The van der Waals surface area contributed by atoms with Gasteiger partial charge in [0.2, 0.25) is 5.91 Å². The van der Waals surface area contributed by atoms with E-state index in [4.69, 9.17) is 4.74 Å². The Hall–Kier alpha value is -2.03. The van der Waals surface area contributed by atoms with Gasteiger partial charge in [-0.3, -0.25) is 9.59 Å². The van der Waals surface area contributed by atoms with Crippen LogP contribution in [0.2, 0.25) is 0 Å². The first-order valence-corrected chi connectivity index (χ1v) is 8.66. The van der Waals surface area contributed by atoms with Gasteiger partial charge >= 0.3 is 5.97 Å². The van der Waals surface area contributed by atoms with Crippen molar-refractivity contribution in [2.24, 2.45) is 5.92 Å². The molecule has 0 aromatic heterocycles. The number of benzene rings is 1. The molecule has 2 saturated heterocycles. The van der Waals surface area contributed by atoms with Crippen LogP contribution in [0.3, 0.4) is 0 Å². The number of halogens is 3. The minimum Gasteiger partial charge on any atom is -0.464 e. The average molecular weight is 373 g/mol. The normalized spacial score (nSPS) is 24.7. The number of hydrogen-bond donors (Lipinski definition) is 0. The number of fused-ring (bicyclic) bond motifs is 1. The van der Waals surface area contributed by atoms with E-state index in [1.54, 1.807) is 6.92 Å². The first kappa shape index (κ1) is 17.8. The third-order valence-corrected chi connectivity index (χ3v) is 5.55. The summed E-state index contributed by atoms with van der Waals surface area (Å²) >= 11 is 1.27. The van der Waals surface area contributed by atoms with Crippen molar-refractivity contribution in [3.8, 4) is 0 Å². The van der Waals surface area contributed by atoms with E-state index in [9.17, 15) is 27.6 Å². The Morgan fingerprint density at radius 1 is 1.24 bits per heavy atom. The molecule has 5 nitrogen and oxygen atoms in total. The molecule has 134 valence electrons. The molecule has 25 heavy (non-hydrogen) atoms. The molecule has 1 aromatic carbocycles. The number of carbonyl (C=O) groups excluding carboxylic acids is 3. The molecule has 0 unspecified atom stereocenters. The summed E-state index contributed by atoms with van der Waals surface area (Å²) in [6, 6.07) is 0.257. The van der Waals surface area contributed by atoms with Crippen LogP contribution in [0.4, 0.5) is 13.2 Å². The quantitative estimate of drug-likeness (QED) is 0.340. The summed E-state index contributed by atoms with van der Waals surface area (Å²) < 4.78 is 44.7. The molecule has 0 aliphatic carbocycles. The monoisotopic (exact) mass is 373 g/mol. The largest absolute Gasteiger partial charge is 0.464 e. The zero-order chi connectivity index (χ0) is 18.3. The summed E-state index contributed by atoms with van der Waals surface area (Å²) in [4.78, 5) is 37.7. The molecule has 1 aromatic rings. The maximum atomic E-state index is 13.7. The Morgan fingerprint density at radius 3 is 2.60 bits per heavy atom. The second-order valence-corrected chi connectivity index (χ2v) is 6.87. The van der Waals surface area contributed by atoms with E-state index >= 15 is 0 Å². The van der Waals surface area contributed by atoms with Gasteiger partial charge in [0.05, 0.1) is 12.0 Å². The van der Waals surface area contributed by atoms with Gasteiger partial charge in [-0.1, -0.05) is 0 Å². The van der Waals surface area contributed by atoms with Gasteiger partial charge in [0.15, 0.2) is 17.4 Å². The summed E-state index contributed by atoms with van der Waals surface area (Å²) in [5, 5.41) is -0.511. The maximum absolute atomic E-state index is 13.7. The molecule has 1 amide bonds. The molecule has 9 heteroatoms. The van der Waals surface area contributed by atoms with Crippen molar-refractivity contribution in [1.29, 1.82) is 0 Å². The number of ketones is 1. The van der Waals surface area contributed by atoms with Crippen LogP contribution in [0, 0.1) is 23.4 Å². The minimum atomic E-state index is -1.34. The number of thioether (sulfide) groups is 1. The van der Waals surface area contributed by atoms with Gasteiger partial charge in [0.1, 0.15) is 17.8 Å². The molecular formula is C16H14F3NO4S. The fraction of sp³-hybridized carbons (Fsp3) is 0.438. The molecule has 3 atom stereocenters. The zero-order valence-corrected chi connectivity index (χ0v) is 13.9. The van der Waals surface area contributed by atoms with Crippen LogP contribution in [0.5, 0.6) is 0 Å². The molecule has 2 heterocycles. The highest BCUT2D eigenvalue weighted by atomic mass is 32.2. The molecule has 0 N–H and O–H groups in total. The lowest BCUT2D eigenvalue weighted by Crippen LogP contribution is -2.63. The van der Waals surface area contributed by atoms with Gasteiger partial charge in [-0.05, 0) is 18.6 Å². The van der Waals surface area contributed by atoms with Gasteiger partial charge in [-0.25, -0.2) is 18.0 Å². The van der Waals surface area contributed by atoms with Crippen molar-refractivity contribution in [3.63, 3.8) is 0 Å². The first-order valence-electron chi connectivity index (χ1n) is 7.61. The third kappa shape index (κ3) is 3.01. The van der Waals surface area contributed by atoms with Crippen molar-refractivity contribution < 1.29 is 32.3 Å². The van der Waals surface area contributed by atoms with Gasteiger partial charge in [0, 0.05) is 18.2 Å². The van der Waals surface area contributed by atoms with Crippen molar-refractivity contribution >= 4 is 29.4 Å². The van der Waals surface area contributed by atoms with Gasteiger partial charge in [-0.15, -0.1) is 11.8 Å². The molecule has 0 saturated carbocycles. The smallest absolute Gasteiger partial charge is 0.329 e. The summed E-state index contributed by atoms with van der Waals surface area (Å²) in [7, 11) is 0. The Balaban J connectivity index is 1.70. The Morgan fingerprint density at radius 2 is 1.92 bits per heavy atom. The van der Waals surface area contributed by atoms with E-state index in [0.717, 1.165) is 0 Å². The molecule has 0 radical (unpaired) electrons. The van der Waals surface area contributed by atoms with Crippen molar-refractivity contribution in [2.45, 2.75) is 24.8 Å². The molecule has 0 spiro atoms. The van der Waals surface area contributed by atoms with Crippen LogP contribution >= 0.6 is 11.8 Å². The van der Waals surface area contributed by atoms with Crippen LogP contribution < -0.4 is 0 Å². The topological polar surface area (TPSA) is 63.7 Å². The number of amides is 1. The van der Waals surface area contributed by atoms with Crippen molar-refractivity contribution in [2.75, 3.05) is 12.4 Å². The van der Waals surface area contributed by atoms with E-state index in [1.165, 1.54) is 16.7 Å². The maximum Gasteiger partial charge on any atom is 0.329 e. The van der Waals surface area contributed by atoms with Crippen molar-refractivity contribution in [1.82, 2.24) is 4.90 Å². The third-order valence-electron chi connectivity index (χ3n) is 4.20. The first-order chi connectivity index (χ1) is 11.8. The lowest BCUT2D eigenvalue weighted by molar-refractivity contribution is -0.166. The molecule has 3 rings (SSSR count). The Bertz CT molecular complexity index is 757. The zero-order valence-electron chi connectivity index (χ0n) is 13.1. The van der Waals surface area contributed by atoms with Crippen LogP contribution in [0.25, 0.3) is 0 Å². The average Bonchev–Trinajstić information content (AvgIpc) is 2.92. The Labute approximate surface area is 145 Å². The standard InChI is InChI=1S/C16H14F3NO4S/c1-2-24-16(23)11-6-25-15-13(14(22)20(11)15)12(21)4-7-3-9(18)10(19)5-8(7)17/h3,5,11,13,15H,2,4,6H2,1H3/t11-,13+,15-/m0/s1. The number of rotatable bonds is 5. The summed E-state index contributed by atoms with van der Waals surface area (Å²) in [6.07, 6.45) is -0.519. The summed E-state index contributed by atoms with van der Waals surface area (Å²) in [5.41, 5.74) is -0.305. The number of β-lactam (4-membered cyclic amide) rings is 1. The molecule has 2 aliphatic heterocycles. The molecule has 2 fully saturated rings. The summed E-state index contributed by atoms with van der Waals surface area (Å²) in [5.74, 6) is -5.99. The highest BCUT2D eigenvalue weighted by Crippen LogP contribution is 2.44. The van der Waals surface area contributed by atoms with E-state index < -0.39 is 58.9 Å². The van der Waals surface area contributed by atoms with Crippen LogP contribution in [-0.2, 0) is 25.5 Å². The number of hydrogen-bond acceptors (Lipinski definition) is 5. The fourth-order valence-corrected chi connectivity index (χ4v) is 4.53. The van der Waals surface area contributed by atoms with Crippen LogP contribution in [0.1, 0.15) is 12.5 Å². The fourth-order valence-electron chi connectivity index (χ4n) is 2.98. The van der Waals surface area contributed by atoms with E-state index in [2.05, 4.69) is 0 Å². The Kier molecular flexibility index (Phi) is 4.77. The number of Topliss-reactive ketones (excluding diaryl/α,β-unsaturated/α-hetero) is 1. The molecule has 2 aliphatic rings. The van der Waals surface area contributed by atoms with E-state index in [0.29, 0.717) is 17.9 Å². The highest BCUT2D eigenvalue weighted by Gasteiger charge is 2.59. The van der Waals surface area contributed by atoms with Gasteiger partial charge in [-0.2, -0.15) is 0 Å². The number of carbonyl (C=O) groups is 3. The minimum absolute atomic E-state index is 0.185. The second kappa shape index (κ2) is 6.70. The van der Waals surface area contributed by atoms with Crippen molar-refractivity contribution in [3.05, 3.63) is 35.1 Å². The summed E-state index contributed by atoms with van der Waals surface area (Å²) in [6.45, 7) is 1.84. The predicted molar refractivity (Wildman–Crippen MR) is 82.0 cm³/mol. The van der Waals surface area contributed by atoms with Gasteiger partial charge < -0.3 is 9.64 Å². The van der Waals surface area contributed by atoms with Gasteiger partial charge in [0.25, 0.3) is 0 Å². The van der Waals surface area contributed by atoms with Crippen LogP contribution in [0.15, 0.2) is 12.1 Å². The molecular weight excluding hydrogens is 359 g/mol. The number of nitrogens with zero attached hydrogens (tertiary/aromatic N) is 1. The lowest BCUT2D eigenvalue weighted by atomic mass is 9.88. The SMILES string of the molecule is CCOC(=O)[C@@H]1CS[C@H]2[C@H](C(=O)Cc3cc(F)c(F)cc3F)C(=O)N12. The highest BCUT2D eigenvalue weighted by molar-refractivity contribution is 8.00. The second-order valence-electron chi connectivity index (χ2n) is 5.72. The van der Waals surface area contributed by atoms with E-state index in [1.807, 2.05) is 0 Å². The number of esters is 1.